The largest absolute Gasteiger partial charge is 0.495 e. The Morgan fingerprint density at radius 1 is 1.27 bits per heavy atom. The molecule has 1 aromatic carbocycles. The molecule has 0 saturated heterocycles. The molecular formula is C10H7Cl2NOS. The maximum atomic E-state index is 6.10. The lowest BCUT2D eigenvalue weighted by Gasteiger charge is -2.06. The number of hydrogen-bond donors (Lipinski definition) is 0. The quantitative estimate of drug-likeness (QED) is 0.810. The minimum absolute atomic E-state index is 0.534. The Morgan fingerprint density at radius 2 is 2.07 bits per heavy atom. The summed E-state index contributed by atoms with van der Waals surface area (Å²) >= 11 is 13.6. The van der Waals surface area contributed by atoms with Gasteiger partial charge < -0.3 is 4.74 Å². The molecule has 1 heterocycles. The molecule has 0 fully saturated rings. The minimum Gasteiger partial charge on any atom is -0.495 e. The molecular weight excluding hydrogens is 253 g/mol. The van der Waals surface area contributed by atoms with Crippen molar-refractivity contribution in [2.45, 2.75) is 0 Å². The summed E-state index contributed by atoms with van der Waals surface area (Å²) in [6.07, 6.45) is 1.73. The second-order valence-electron chi connectivity index (χ2n) is 2.80. The third kappa shape index (κ3) is 2.09. The highest BCUT2D eigenvalue weighted by molar-refractivity contribution is 7.13. The van der Waals surface area contributed by atoms with Gasteiger partial charge in [0.05, 0.1) is 17.2 Å². The number of aromatic nitrogens is 1. The van der Waals surface area contributed by atoms with E-state index in [1.807, 2.05) is 5.38 Å². The van der Waals surface area contributed by atoms with E-state index in [4.69, 9.17) is 27.9 Å². The number of hydrogen-bond acceptors (Lipinski definition) is 3. The number of benzene rings is 1. The van der Waals surface area contributed by atoms with Crippen LogP contribution < -0.4 is 4.74 Å². The molecule has 15 heavy (non-hydrogen) atoms. The van der Waals surface area contributed by atoms with Gasteiger partial charge in [-0.25, -0.2) is 4.98 Å². The van der Waals surface area contributed by atoms with Crippen molar-refractivity contribution >= 4 is 34.5 Å². The first-order chi connectivity index (χ1) is 7.22. The second kappa shape index (κ2) is 4.39. The molecule has 0 aliphatic heterocycles. The number of methoxy groups -OCH3 is 1. The number of halogens is 2. The Morgan fingerprint density at radius 3 is 2.67 bits per heavy atom. The van der Waals surface area contributed by atoms with Gasteiger partial charge in [-0.15, -0.1) is 11.3 Å². The van der Waals surface area contributed by atoms with Crippen LogP contribution in [0.25, 0.3) is 10.6 Å². The van der Waals surface area contributed by atoms with Crippen molar-refractivity contribution in [2.75, 3.05) is 7.11 Å². The summed E-state index contributed by atoms with van der Waals surface area (Å²) in [5.41, 5.74) is 0.831. The normalized spacial score (nSPS) is 10.3. The van der Waals surface area contributed by atoms with E-state index in [-0.39, 0.29) is 0 Å². The number of ether oxygens (including phenoxy) is 1. The molecule has 0 unspecified atom stereocenters. The van der Waals surface area contributed by atoms with E-state index in [0.29, 0.717) is 15.8 Å². The van der Waals surface area contributed by atoms with E-state index in [1.165, 1.54) is 11.3 Å². The second-order valence-corrected chi connectivity index (χ2v) is 4.51. The van der Waals surface area contributed by atoms with Crippen LogP contribution in [0.2, 0.25) is 10.0 Å². The van der Waals surface area contributed by atoms with Gasteiger partial charge in [0.2, 0.25) is 0 Å². The van der Waals surface area contributed by atoms with Crippen LogP contribution >= 0.6 is 34.5 Å². The average molecular weight is 260 g/mol. The number of rotatable bonds is 2. The van der Waals surface area contributed by atoms with E-state index < -0.39 is 0 Å². The fourth-order valence-corrected chi connectivity index (χ4v) is 2.41. The van der Waals surface area contributed by atoms with Gasteiger partial charge in [0.15, 0.2) is 0 Å². The monoisotopic (exact) mass is 259 g/mol. The van der Waals surface area contributed by atoms with Crippen molar-refractivity contribution in [3.8, 4) is 16.3 Å². The Bertz CT molecular complexity index is 471. The Kier molecular flexibility index (Phi) is 3.14. The minimum atomic E-state index is 0.534. The van der Waals surface area contributed by atoms with Crippen LogP contribution in [-0.2, 0) is 0 Å². The molecule has 78 valence electrons. The Balaban J connectivity index is 2.55. The molecule has 5 heteroatoms. The molecule has 0 radical (unpaired) electrons. The van der Waals surface area contributed by atoms with Gasteiger partial charge in [-0.3, -0.25) is 0 Å². The molecule has 0 N–H and O–H groups in total. The van der Waals surface area contributed by atoms with Gasteiger partial charge >= 0.3 is 0 Å². The topological polar surface area (TPSA) is 22.1 Å². The third-order valence-corrected chi connectivity index (χ3v) is 3.32. The lowest BCUT2D eigenvalue weighted by atomic mass is 10.2. The summed E-state index contributed by atoms with van der Waals surface area (Å²) in [6.45, 7) is 0. The molecule has 0 spiro atoms. The van der Waals surface area contributed by atoms with Crippen molar-refractivity contribution in [2.24, 2.45) is 0 Å². The van der Waals surface area contributed by atoms with Crippen LogP contribution in [-0.4, -0.2) is 12.1 Å². The average Bonchev–Trinajstić information content (AvgIpc) is 2.74. The van der Waals surface area contributed by atoms with Crippen molar-refractivity contribution in [1.82, 2.24) is 4.98 Å². The SMILES string of the molecule is COc1cc(Cl)c(-c2nccs2)cc1Cl. The predicted molar refractivity (Wildman–Crippen MR) is 64.1 cm³/mol. The van der Waals surface area contributed by atoms with E-state index in [2.05, 4.69) is 4.98 Å². The smallest absolute Gasteiger partial charge is 0.138 e. The van der Waals surface area contributed by atoms with E-state index in [1.54, 1.807) is 25.4 Å². The molecule has 0 aliphatic carbocycles. The van der Waals surface area contributed by atoms with E-state index in [9.17, 15) is 0 Å². The predicted octanol–water partition coefficient (Wildman–Crippen LogP) is 4.13. The molecule has 0 amide bonds. The molecule has 2 rings (SSSR count). The van der Waals surface area contributed by atoms with Gasteiger partial charge in [0.1, 0.15) is 10.8 Å². The lowest BCUT2D eigenvalue weighted by Crippen LogP contribution is -1.86. The van der Waals surface area contributed by atoms with Crippen LogP contribution in [0.4, 0.5) is 0 Å². The van der Waals surface area contributed by atoms with Crippen molar-refractivity contribution in [3.63, 3.8) is 0 Å². The highest BCUT2D eigenvalue weighted by Crippen LogP contribution is 2.37. The van der Waals surface area contributed by atoms with Crippen molar-refractivity contribution in [3.05, 3.63) is 33.8 Å². The fourth-order valence-electron chi connectivity index (χ4n) is 1.21. The number of nitrogens with zero attached hydrogens (tertiary/aromatic N) is 1. The third-order valence-electron chi connectivity index (χ3n) is 1.90. The van der Waals surface area contributed by atoms with Gasteiger partial charge in [0, 0.05) is 23.2 Å². The first-order valence-corrected chi connectivity index (χ1v) is 5.79. The van der Waals surface area contributed by atoms with Crippen molar-refractivity contribution in [1.29, 1.82) is 0 Å². The summed E-state index contributed by atoms with van der Waals surface area (Å²) in [7, 11) is 1.56. The van der Waals surface area contributed by atoms with Gasteiger partial charge in [-0.2, -0.15) is 0 Å². The summed E-state index contributed by atoms with van der Waals surface area (Å²) in [5.74, 6) is 0.571. The first kappa shape index (κ1) is 10.7. The maximum absolute atomic E-state index is 6.10. The summed E-state index contributed by atoms with van der Waals surface area (Å²) in [4.78, 5) is 4.18. The highest BCUT2D eigenvalue weighted by Gasteiger charge is 2.10. The molecule has 0 aliphatic rings. The van der Waals surface area contributed by atoms with Crippen molar-refractivity contribution < 1.29 is 4.74 Å². The molecule has 1 aromatic heterocycles. The molecule has 2 nitrogen and oxygen atoms in total. The van der Waals surface area contributed by atoms with E-state index in [0.717, 1.165) is 10.6 Å². The fraction of sp³-hybridized carbons (Fsp3) is 0.100. The lowest BCUT2D eigenvalue weighted by molar-refractivity contribution is 0.415. The van der Waals surface area contributed by atoms with Crippen LogP contribution in [0.15, 0.2) is 23.7 Å². The van der Waals surface area contributed by atoms with Crippen LogP contribution in [0.1, 0.15) is 0 Å². The van der Waals surface area contributed by atoms with Crippen LogP contribution in [0.3, 0.4) is 0 Å². The van der Waals surface area contributed by atoms with Gasteiger partial charge in [-0.1, -0.05) is 23.2 Å². The summed E-state index contributed by atoms with van der Waals surface area (Å²) in [5, 5.41) is 3.87. The zero-order chi connectivity index (χ0) is 10.8. The first-order valence-electron chi connectivity index (χ1n) is 4.15. The summed E-state index contributed by atoms with van der Waals surface area (Å²) in [6, 6.07) is 3.46. The van der Waals surface area contributed by atoms with Gasteiger partial charge in [0.25, 0.3) is 0 Å². The van der Waals surface area contributed by atoms with Crippen LogP contribution in [0.5, 0.6) is 5.75 Å². The summed E-state index contributed by atoms with van der Waals surface area (Å²) < 4.78 is 5.06. The zero-order valence-corrected chi connectivity index (χ0v) is 10.2. The zero-order valence-electron chi connectivity index (χ0n) is 7.83. The molecule has 0 bridgehead atoms. The molecule has 0 saturated carbocycles. The Labute approximate surface area is 101 Å². The molecule has 0 atom stereocenters. The van der Waals surface area contributed by atoms with Crippen LogP contribution in [0, 0.1) is 0 Å². The Hall–Kier alpha value is -0.770. The standard InChI is InChI=1S/C10H7Cl2NOS/c1-14-9-5-7(11)6(4-8(9)12)10-13-2-3-15-10/h2-5H,1H3. The highest BCUT2D eigenvalue weighted by atomic mass is 35.5. The molecule has 2 aromatic rings. The number of thiazole rings is 1. The van der Waals surface area contributed by atoms with E-state index >= 15 is 0 Å². The maximum Gasteiger partial charge on any atom is 0.138 e. The van der Waals surface area contributed by atoms with Gasteiger partial charge in [-0.05, 0) is 6.07 Å².